The zero-order valence-electron chi connectivity index (χ0n) is 12.0. The summed E-state index contributed by atoms with van der Waals surface area (Å²) in [5.74, 6) is 0.657. The lowest BCUT2D eigenvalue weighted by Crippen LogP contribution is -2.35. The van der Waals surface area contributed by atoms with Gasteiger partial charge in [-0.25, -0.2) is 0 Å². The number of methoxy groups -OCH3 is 1. The molecule has 0 aliphatic carbocycles. The van der Waals surface area contributed by atoms with Crippen molar-refractivity contribution < 1.29 is 14.3 Å². The number of nitrogens with zero attached hydrogens (tertiary/aromatic N) is 2. The molecule has 1 aromatic rings. The SMILES string of the molecule is C=CCN(CC=C)C(=O)COc1ccc(C#N)cc1OC. The Balaban J connectivity index is 2.74. The predicted molar refractivity (Wildman–Crippen MR) is 80.2 cm³/mol. The summed E-state index contributed by atoms with van der Waals surface area (Å²) in [5.41, 5.74) is 0.463. The zero-order valence-corrected chi connectivity index (χ0v) is 12.0. The highest BCUT2D eigenvalue weighted by atomic mass is 16.5. The van der Waals surface area contributed by atoms with E-state index in [9.17, 15) is 4.79 Å². The first-order chi connectivity index (χ1) is 10.2. The van der Waals surface area contributed by atoms with Gasteiger partial charge in [0, 0.05) is 19.2 Å². The monoisotopic (exact) mass is 286 g/mol. The fraction of sp³-hybridized carbons (Fsp3) is 0.250. The maximum atomic E-state index is 12.0. The van der Waals surface area contributed by atoms with Gasteiger partial charge in [0.05, 0.1) is 18.7 Å². The van der Waals surface area contributed by atoms with Gasteiger partial charge in [0.2, 0.25) is 0 Å². The van der Waals surface area contributed by atoms with Gasteiger partial charge in [-0.15, -0.1) is 13.2 Å². The van der Waals surface area contributed by atoms with Crippen molar-refractivity contribution in [2.24, 2.45) is 0 Å². The van der Waals surface area contributed by atoms with Crippen molar-refractivity contribution in [3.05, 3.63) is 49.1 Å². The highest BCUT2D eigenvalue weighted by Crippen LogP contribution is 2.27. The normalized spacial score (nSPS) is 9.33. The van der Waals surface area contributed by atoms with Gasteiger partial charge < -0.3 is 14.4 Å². The maximum absolute atomic E-state index is 12.0. The predicted octanol–water partition coefficient (Wildman–Crippen LogP) is 2.15. The minimum atomic E-state index is -0.179. The van der Waals surface area contributed by atoms with Crippen molar-refractivity contribution in [1.82, 2.24) is 4.90 Å². The van der Waals surface area contributed by atoms with E-state index in [0.717, 1.165) is 0 Å². The Morgan fingerprint density at radius 1 is 1.33 bits per heavy atom. The van der Waals surface area contributed by atoms with Crippen LogP contribution in [0.25, 0.3) is 0 Å². The molecule has 0 spiro atoms. The van der Waals surface area contributed by atoms with Crippen LogP contribution in [0.3, 0.4) is 0 Å². The van der Waals surface area contributed by atoms with Gasteiger partial charge in [0.1, 0.15) is 0 Å². The van der Waals surface area contributed by atoms with Crippen LogP contribution >= 0.6 is 0 Å². The number of nitriles is 1. The first-order valence-electron chi connectivity index (χ1n) is 6.36. The van der Waals surface area contributed by atoms with Crippen LogP contribution < -0.4 is 9.47 Å². The number of hydrogen-bond donors (Lipinski definition) is 0. The van der Waals surface area contributed by atoms with Gasteiger partial charge >= 0.3 is 0 Å². The second kappa shape index (κ2) is 8.43. The lowest BCUT2D eigenvalue weighted by atomic mass is 10.2. The smallest absolute Gasteiger partial charge is 0.261 e. The van der Waals surface area contributed by atoms with Gasteiger partial charge in [0.15, 0.2) is 18.1 Å². The van der Waals surface area contributed by atoms with Gasteiger partial charge in [0.25, 0.3) is 5.91 Å². The molecule has 1 amide bonds. The van der Waals surface area contributed by atoms with Crippen molar-refractivity contribution in [1.29, 1.82) is 5.26 Å². The Labute approximate surface area is 124 Å². The first-order valence-corrected chi connectivity index (χ1v) is 6.36. The van der Waals surface area contributed by atoms with Crippen LogP contribution in [0.4, 0.5) is 0 Å². The van der Waals surface area contributed by atoms with E-state index in [-0.39, 0.29) is 12.5 Å². The summed E-state index contributed by atoms with van der Waals surface area (Å²) < 4.78 is 10.6. The average molecular weight is 286 g/mol. The van der Waals surface area contributed by atoms with E-state index in [1.165, 1.54) is 7.11 Å². The molecule has 0 aliphatic heterocycles. The summed E-state index contributed by atoms with van der Waals surface area (Å²) in [6, 6.07) is 6.79. The highest BCUT2D eigenvalue weighted by Gasteiger charge is 2.13. The van der Waals surface area contributed by atoms with Gasteiger partial charge in [-0.3, -0.25) is 4.79 Å². The Hall–Kier alpha value is -2.74. The minimum absolute atomic E-state index is 0.121. The molecule has 1 rings (SSSR count). The summed E-state index contributed by atoms with van der Waals surface area (Å²) in [4.78, 5) is 13.6. The molecule has 0 aromatic heterocycles. The van der Waals surface area contributed by atoms with E-state index in [1.54, 1.807) is 35.3 Å². The summed E-state index contributed by atoms with van der Waals surface area (Å²) in [6.07, 6.45) is 3.29. The van der Waals surface area contributed by atoms with Crippen LogP contribution in [0.1, 0.15) is 5.56 Å². The average Bonchev–Trinajstić information content (AvgIpc) is 2.52. The lowest BCUT2D eigenvalue weighted by molar-refractivity contribution is -0.132. The molecular formula is C16H18N2O3. The molecule has 5 nitrogen and oxygen atoms in total. The molecule has 0 atom stereocenters. The van der Waals surface area contributed by atoms with E-state index < -0.39 is 0 Å². The third-order valence-corrected chi connectivity index (χ3v) is 2.70. The van der Waals surface area contributed by atoms with Crippen molar-refractivity contribution in [3.8, 4) is 17.6 Å². The fourth-order valence-corrected chi connectivity index (χ4v) is 1.68. The van der Waals surface area contributed by atoms with E-state index >= 15 is 0 Å². The fourth-order valence-electron chi connectivity index (χ4n) is 1.68. The van der Waals surface area contributed by atoms with E-state index in [2.05, 4.69) is 13.2 Å². The van der Waals surface area contributed by atoms with Crippen LogP contribution in [0, 0.1) is 11.3 Å². The van der Waals surface area contributed by atoms with E-state index in [1.807, 2.05) is 6.07 Å². The molecule has 0 fully saturated rings. The van der Waals surface area contributed by atoms with Gasteiger partial charge in [-0.05, 0) is 12.1 Å². The van der Waals surface area contributed by atoms with Crippen molar-refractivity contribution in [3.63, 3.8) is 0 Å². The molecule has 0 aliphatic rings. The number of rotatable bonds is 8. The standard InChI is InChI=1S/C16H18N2O3/c1-4-8-18(9-5-2)16(19)12-21-14-7-6-13(11-17)10-15(14)20-3/h4-7,10H,1-2,8-9,12H2,3H3. The van der Waals surface area contributed by atoms with Gasteiger partial charge in [-0.1, -0.05) is 12.2 Å². The maximum Gasteiger partial charge on any atom is 0.261 e. The molecule has 0 saturated heterocycles. The lowest BCUT2D eigenvalue weighted by Gasteiger charge is -2.19. The summed E-state index contributed by atoms with van der Waals surface area (Å²) >= 11 is 0. The number of amides is 1. The summed E-state index contributed by atoms with van der Waals surface area (Å²) in [7, 11) is 1.48. The number of benzene rings is 1. The minimum Gasteiger partial charge on any atom is -0.493 e. The molecule has 21 heavy (non-hydrogen) atoms. The van der Waals surface area contributed by atoms with Crippen molar-refractivity contribution >= 4 is 5.91 Å². The molecule has 0 saturated carbocycles. The number of carbonyl (C=O) groups excluding carboxylic acids is 1. The quantitative estimate of drug-likeness (QED) is 0.687. The topological polar surface area (TPSA) is 62.6 Å². The van der Waals surface area contributed by atoms with Crippen LogP contribution in [0.15, 0.2) is 43.5 Å². The Kier molecular flexibility index (Phi) is 6.55. The molecule has 110 valence electrons. The second-order valence-corrected chi connectivity index (χ2v) is 4.14. The molecule has 1 aromatic carbocycles. The van der Waals surface area contributed by atoms with Crippen LogP contribution in [0.5, 0.6) is 11.5 Å². The molecule has 0 N–H and O–H groups in total. The molecule has 0 radical (unpaired) electrons. The molecule has 0 bridgehead atoms. The number of ether oxygens (including phenoxy) is 2. The Morgan fingerprint density at radius 3 is 2.52 bits per heavy atom. The third kappa shape index (κ3) is 4.69. The highest BCUT2D eigenvalue weighted by molar-refractivity contribution is 5.78. The largest absolute Gasteiger partial charge is 0.493 e. The summed E-state index contributed by atoms with van der Waals surface area (Å²) in [5, 5.41) is 8.83. The molecule has 0 unspecified atom stereocenters. The third-order valence-electron chi connectivity index (χ3n) is 2.70. The van der Waals surface area contributed by atoms with Crippen molar-refractivity contribution in [2.75, 3.05) is 26.8 Å². The second-order valence-electron chi connectivity index (χ2n) is 4.14. The molecular weight excluding hydrogens is 268 g/mol. The summed E-state index contributed by atoms with van der Waals surface area (Å²) in [6.45, 7) is 7.96. The first kappa shape index (κ1) is 16.3. The Morgan fingerprint density at radius 2 is 2.00 bits per heavy atom. The van der Waals surface area contributed by atoms with E-state index in [0.29, 0.717) is 30.2 Å². The zero-order chi connectivity index (χ0) is 15.7. The van der Waals surface area contributed by atoms with Crippen molar-refractivity contribution in [2.45, 2.75) is 0 Å². The Bertz CT molecular complexity index is 551. The van der Waals surface area contributed by atoms with Crippen LogP contribution in [0.2, 0.25) is 0 Å². The molecule has 0 heterocycles. The van der Waals surface area contributed by atoms with Crippen LogP contribution in [-0.2, 0) is 4.79 Å². The number of hydrogen-bond acceptors (Lipinski definition) is 4. The van der Waals surface area contributed by atoms with Crippen LogP contribution in [-0.4, -0.2) is 37.6 Å². The molecule has 5 heteroatoms. The van der Waals surface area contributed by atoms with Gasteiger partial charge in [-0.2, -0.15) is 5.26 Å². The number of carbonyl (C=O) groups is 1. The van der Waals surface area contributed by atoms with E-state index in [4.69, 9.17) is 14.7 Å².